The van der Waals surface area contributed by atoms with E-state index in [2.05, 4.69) is 17.1 Å². The van der Waals surface area contributed by atoms with E-state index in [0.717, 1.165) is 19.3 Å². The van der Waals surface area contributed by atoms with Crippen LogP contribution >= 0.6 is 0 Å². The van der Waals surface area contributed by atoms with Crippen LogP contribution in [-0.4, -0.2) is 17.7 Å². The van der Waals surface area contributed by atoms with Gasteiger partial charge in [0.05, 0.1) is 6.57 Å². The average molecular weight is 336 g/mol. The minimum absolute atomic E-state index is 0.0447. The van der Waals surface area contributed by atoms with Gasteiger partial charge in [-0.05, 0) is 42.7 Å². The number of rotatable bonds is 2. The van der Waals surface area contributed by atoms with Crippen LogP contribution in [0.3, 0.4) is 0 Å². The Bertz CT molecular complexity index is 773. The van der Waals surface area contributed by atoms with Gasteiger partial charge in [-0.15, -0.1) is 0 Å². The highest BCUT2D eigenvalue weighted by atomic mass is 16.1. The second-order valence-corrected chi connectivity index (χ2v) is 8.07. The molecule has 1 fully saturated rings. The van der Waals surface area contributed by atoms with Gasteiger partial charge in [0.25, 0.3) is 5.91 Å². The third-order valence-electron chi connectivity index (χ3n) is 5.93. The quantitative estimate of drug-likeness (QED) is 0.830. The van der Waals surface area contributed by atoms with E-state index in [-0.39, 0.29) is 34.8 Å². The zero-order valence-corrected chi connectivity index (χ0v) is 15.0. The molecule has 2 aliphatic carbocycles. The lowest BCUT2D eigenvalue weighted by Gasteiger charge is -2.52. The number of allylic oxidation sites excluding steroid dienone is 2. The predicted octanol–water partition coefficient (Wildman–Crippen LogP) is 4.00. The lowest BCUT2D eigenvalue weighted by molar-refractivity contribution is -0.131. The molecule has 1 N–H and O–H groups in total. The fourth-order valence-electron chi connectivity index (χ4n) is 4.75. The number of ketones is 1. The van der Waals surface area contributed by atoms with Crippen molar-refractivity contribution in [1.29, 1.82) is 0 Å². The van der Waals surface area contributed by atoms with Gasteiger partial charge in [-0.1, -0.05) is 45.0 Å². The van der Waals surface area contributed by atoms with Crippen LogP contribution in [0.1, 0.15) is 50.4 Å². The molecule has 1 amide bonds. The number of carbonyl (C=O) groups is 2. The van der Waals surface area contributed by atoms with Gasteiger partial charge in [-0.3, -0.25) is 4.79 Å². The third kappa shape index (κ3) is 3.00. The summed E-state index contributed by atoms with van der Waals surface area (Å²) >= 11 is 0. The Morgan fingerprint density at radius 2 is 1.88 bits per heavy atom. The highest BCUT2D eigenvalue weighted by Crippen LogP contribution is 2.55. The van der Waals surface area contributed by atoms with E-state index in [1.54, 1.807) is 0 Å². The molecule has 3 atom stereocenters. The van der Waals surface area contributed by atoms with Crippen molar-refractivity contribution in [3.63, 3.8) is 0 Å². The molecule has 0 spiro atoms. The maximum atomic E-state index is 12.6. The number of hydrogen-bond donors (Lipinski definition) is 1. The van der Waals surface area contributed by atoms with Crippen LogP contribution in [0.25, 0.3) is 4.85 Å². The average Bonchev–Trinajstić information content (AvgIpc) is 2.58. The van der Waals surface area contributed by atoms with Gasteiger partial charge >= 0.3 is 0 Å². The number of amides is 1. The van der Waals surface area contributed by atoms with Crippen LogP contribution in [-0.2, 0) is 4.79 Å². The first-order valence-electron chi connectivity index (χ1n) is 8.79. The van der Waals surface area contributed by atoms with Gasteiger partial charge in [-0.25, -0.2) is 4.85 Å². The molecular formula is C21H24N2O2. The third-order valence-corrected chi connectivity index (χ3v) is 5.93. The number of fused-ring (bicyclic) bond motifs is 1. The largest absolute Gasteiger partial charge is 0.349 e. The molecule has 0 saturated heterocycles. The summed E-state index contributed by atoms with van der Waals surface area (Å²) in [6, 6.07) is 9.27. The van der Waals surface area contributed by atoms with E-state index in [9.17, 15) is 9.59 Å². The van der Waals surface area contributed by atoms with Gasteiger partial charge < -0.3 is 10.1 Å². The summed E-state index contributed by atoms with van der Waals surface area (Å²) in [6.45, 7) is 13.4. The summed E-state index contributed by atoms with van der Waals surface area (Å²) in [4.78, 5) is 28.5. The summed E-state index contributed by atoms with van der Waals surface area (Å²) in [7, 11) is 0. The molecule has 3 rings (SSSR count). The van der Waals surface area contributed by atoms with E-state index >= 15 is 0 Å². The summed E-state index contributed by atoms with van der Waals surface area (Å²) in [6.07, 6.45) is 4.35. The van der Waals surface area contributed by atoms with Crippen molar-refractivity contribution in [3.8, 4) is 0 Å². The summed E-state index contributed by atoms with van der Waals surface area (Å²) in [5, 5.41) is 3.13. The van der Waals surface area contributed by atoms with Crippen LogP contribution in [0.15, 0.2) is 42.1 Å². The molecule has 4 heteroatoms. The van der Waals surface area contributed by atoms with Gasteiger partial charge in [-0.2, -0.15) is 0 Å². The zero-order chi connectivity index (χ0) is 18.2. The zero-order valence-electron chi connectivity index (χ0n) is 15.0. The van der Waals surface area contributed by atoms with Crippen molar-refractivity contribution >= 4 is 11.7 Å². The van der Waals surface area contributed by atoms with E-state index < -0.39 is 5.41 Å². The van der Waals surface area contributed by atoms with E-state index in [1.807, 2.05) is 50.3 Å². The van der Waals surface area contributed by atoms with Crippen LogP contribution in [0.5, 0.6) is 0 Å². The molecule has 1 aromatic rings. The topological polar surface area (TPSA) is 50.5 Å². The molecule has 0 unspecified atom stereocenters. The fourth-order valence-corrected chi connectivity index (χ4v) is 4.75. The van der Waals surface area contributed by atoms with Gasteiger partial charge in [0.2, 0.25) is 5.70 Å². The Hall–Kier alpha value is -2.41. The fraction of sp³-hybridized carbons (Fsp3) is 0.476. The number of benzene rings is 1. The van der Waals surface area contributed by atoms with Crippen LogP contribution in [0, 0.1) is 23.3 Å². The molecule has 0 aromatic heterocycles. The number of hydrogen-bond acceptors (Lipinski definition) is 2. The molecule has 25 heavy (non-hydrogen) atoms. The van der Waals surface area contributed by atoms with Gasteiger partial charge in [0.1, 0.15) is 0 Å². The minimum atomic E-state index is -0.530. The number of carbonyl (C=O) groups excluding carboxylic acids is 2. The molecule has 4 nitrogen and oxygen atoms in total. The maximum absolute atomic E-state index is 12.6. The van der Waals surface area contributed by atoms with Crippen molar-refractivity contribution in [1.82, 2.24) is 5.32 Å². The Morgan fingerprint density at radius 1 is 1.20 bits per heavy atom. The van der Waals surface area contributed by atoms with Gasteiger partial charge in [0, 0.05) is 17.0 Å². The minimum Gasteiger partial charge on any atom is -0.349 e. The van der Waals surface area contributed by atoms with Crippen molar-refractivity contribution in [2.75, 3.05) is 0 Å². The Kier molecular flexibility index (Phi) is 4.28. The highest BCUT2D eigenvalue weighted by Gasteiger charge is 2.53. The van der Waals surface area contributed by atoms with Crippen LogP contribution in [0.4, 0.5) is 0 Å². The molecule has 0 bridgehead atoms. The second kappa shape index (κ2) is 6.15. The van der Waals surface area contributed by atoms with Crippen LogP contribution in [0.2, 0.25) is 0 Å². The van der Waals surface area contributed by atoms with Crippen molar-refractivity contribution in [2.45, 2.75) is 46.1 Å². The number of nitrogens with zero attached hydrogens (tertiary/aromatic N) is 1. The van der Waals surface area contributed by atoms with Crippen LogP contribution < -0.4 is 5.32 Å². The highest BCUT2D eigenvalue weighted by molar-refractivity contribution is 6.02. The predicted molar refractivity (Wildman–Crippen MR) is 96.6 cm³/mol. The van der Waals surface area contributed by atoms with Gasteiger partial charge in [0.15, 0.2) is 5.78 Å². The smallest absolute Gasteiger partial charge is 0.251 e. The molecular weight excluding hydrogens is 312 g/mol. The first kappa shape index (κ1) is 17.4. The first-order valence-corrected chi connectivity index (χ1v) is 8.79. The summed E-state index contributed by atoms with van der Waals surface area (Å²) < 4.78 is 0. The Balaban J connectivity index is 1.82. The molecule has 2 aliphatic rings. The SMILES string of the molecule is [C-]#[N+]C1=C[C@@]2(C)C[C@H](NC(=O)c3ccccc3)CC[C@@H]2C(C)(C)C1=O. The molecule has 1 saturated carbocycles. The van der Waals surface area contributed by atoms with Crippen molar-refractivity contribution in [3.05, 3.63) is 59.1 Å². The maximum Gasteiger partial charge on any atom is 0.251 e. The Morgan fingerprint density at radius 3 is 2.52 bits per heavy atom. The van der Waals surface area contributed by atoms with E-state index in [1.165, 1.54) is 0 Å². The monoisotopic (exact) mass is 336 g/mol. The molecule has 0 radical (unpaired) electrons. The molecule has 0 heterocycles. The van der Waals surface area contributed by atoms with Crippen molar-refractivity contribution < 1.29 is 9.59 Å². The number of nitrogens with one attached hydrogen (secondary N) is 1. The summed E-state index contributed by atoms with van der Waals surface area (Å²) in [5.41, 5.74) is 0.132. The second-order valence-electron chi connectivity index (χ2n) is 8.07. The number of Topliss-reactive ketones (excluding diaryl/α,β-unsaturated/α-hetero) is 1. The molecule has 130 valence electrons. The van der Waals surface area contributed by atoms with E-state index in [0.29, 0.717) is 5.56 Å². The first-order chi connectivity index (χ1) is 11.8. The standard InChI is InChI=1S/C21H24N2O2/c1-20(2)17-11-10-15(23-19(25)14-8-6-5-7-9-14)12-21(17,3)13-16(22-4)18(20)24/h5-9,13,15,17H,10-12H2,1-3H3,(H,23,25)/t15-,17-,21-/m1/s1. The Labute approximate surface area is 149 Å². The summed E-state index contributed by atoms with van der Waals surface area (Å²) in [5.74, 6) is 0.0906. The lowest BCUT2D eigenvalue weighted by atomic mass is 9.52. The lowest BCUT2D eigenvalue weighted by Crippen LogP contribution is -2.53. The van der Waals surface area contributed by atoms with Crippen molar-refractivity contribution in [2.24, 2.45) is 16.7 Å². The van der Waals surface area contributed by atoms with E-state index in [4.69, 9.17) is 6.57 Å². The molecule has 1 aromatic carbocycles. The molecule has 0 aliphatic heterocycles. The normalized spacial score (nSPS) is 30.6.